The molecule has 29 heavy (non-hydrogen) atoms. The summed E-state index contributed by atoms with van der Waals surface area (Å²) in [7, 11) is -1.35. The molecule has 0 aromatic heterocycles. The number of sulfone groups is 1. The summed E-state index contributed by atoms with van der Waals surface area (Å²) in [4.78, 5) is 16.0. The second-order valence-electron chi connectivity index (χ2n) is 6.68. The molecule has 0 saturated carbocycles. The number of carbonyl (C=O) groups excluding carboxylic acids is 1. The van der Waals surface area contributed by atoms with E-state index in [9.17, 15) is 13.2 Å². The zero-order valence-electron chi connectivity index (χ0n) is 16.5. The first-order valence-corrected chi connectivity index (χ1v) is 11.3. The first-order chi connectivity index (χ1) is 13.3. The van der Waals surface area contributed by atoms with Crippen molar-refractivity contribution in [2.24, 2.45) is 4.99 Å². The van der Waals surface area contributed by atoms with Crippen LogP contribution < -0.4 is 20.7 Å². The average molecular weight is 559 g/mol. The average Bonchev–Trinajstić information content (AvgIpc) is 2.98. The largest absolute Gasteiger partial charge is 0.489 e. The maximum atomic E-state index is 11.9. The SMILES string of the molecule is CN=C(NCCC(=O)NC1CCS(=O)(=O)C1)NCC(C)Oc1ccc(Cl)cc1.I. The van der Waals surface area contributed by atoms with Crippen LogP contribution in [0, 0.1) is 0 Å². The normalized spacial score (nSPS) is 19.0. The van der Waals surface area contributed by atoms with E-state index in [0.29, 0.717) is 30.5 Å². The first-order valence-electron chi connectivity index (χ1n) is 9.14. The Bertz CT molecular complexity index is 790. The van der Waals surface area contributed by atoms with Crippen LogP contribution in [0.1, 0.15) is 19.8 Å². The van der Waals surface area contributed by atoms with E-state index in [1.807, 2.05) is 6.92 Å². The molecule has 1 saturated heterocycles. The quantitative estimate of drug-likeness (QED) is 0.254. The number of rotatable bonds is 8. The van der Waals surface area contributed by atoms with Gasteiger partial charge < -0.3 is 20.7 Å². The van der Waals surface area contributed by atoms with Crippen LogP contribution in [-0.4, -0.2) is 64.1 Å². The van der Waals surface area contributed by atoms with Crippen molar-refractivity contribution in [3.8, 4) is 5.75 Å². The van der Waals surface area contributed by atoms with Crippen molar-refractivity contribution in [2.75, 3.05) is 31.6 Å². The van der Waals surface area contributed by atoms with Gasteiger partial charge in [-0.1, -0.05) is 11.6 Å². The summed E-state index contributed by atoms with van der Waals surface area (Å²) in [5, 5.41) is 9.60. The molecule has 11 heteroatoms. The van der Waals surface area contributed by atoms with E-state index in [0.717, 1.165) is 5.75 Å². The molecule has 1 aliphatic heterocycles. The zero-order chi connectivity index (χ0) is 20.6. The van der Waals surface area contributed by atoms with Gasteiger partial charge in [0.25, 0.3) is 0 Å². The fourth-order valence-electron chi connectivity index (χ4n) is 2.75. The third-order valence-electron chi connectivity index (χ3n) is 4.17. The predicted octanol–water partition coefficient (Wildman–Crippen LogP) is 1.58. The minimum absolute atomic E-state index is 0. The van der Waals surface area contributed by atoms with Crippen LogP contribution in [-0.2, 0) is 14.6 Å². The predicted molar refractivity (Wildman–Crippen MR) is 126 cm³/mol. The summed E-state index contributed by atoms with van der Waals surface area (Å²) in [6.45, 7) is 2.84. The Morgan fingerprint density at radius 2 is 2.00 bits per heavy atom. The van der Waals surface area contributed by atoms with Crippen molar-refractivity contribution < 1.29 is 17.9 Å². The lowest BCUT2D eigenvalue weighted by molar-refractivity contribution is -0.121. The highest BCUT2D eigenvalue weighted by Gasteiger charge is 2.28. The summed E-state index contributed by atoms with van der Waals surface area (Å²) in [6.07, 6.45) is 0.608. The Morgan fingerprint density at radius 3 is 2.59 bits per heavy atom. The molecule has 2 atom stereocenters. The molecule has 1 aliphatic rings. The van der Waals surface area contributed by atoms with Crippen LogP contribution in [0.3, 0.4) is 0 Å². The summed E-state index contributed by atoms with van der Waals surface area (Å²) in [6, 6.07) is 6.87. The number of aliphatic imine (C=N–C) groups is 1. The Hall–Kier alpha value is -1.27. The van der Waals surface area contributed by atoms with Crippen LogP contribution in [0.2, 0.25) is 5.02 Å². The molecule has 1 aromatic carbocycles. The standard InChI is InChI=1S/C18H27ClN4O4S.HI/c1-13(27-16-5-3-14(19)4-6-16)11-22-18(20-2)21-9-7-17(24)23-15-8-10-28(25,26)12-15;/h3-6,13,15H,7-12H2,1-2H3,(H,23,24)(H2,20,21,22);1H. The number of halogens is 2. The van der Waals surface area contributed by atoms with E-state index in [1.165, 1.54) is 0 Å². The van der Waals surface area contributed by atoms with Gasteiger partial charge in [-0.3, -0.25) is 9.79 Å². The van der Waals surface area contributed by atoms with E-state index in [2.05, 4.69) is 20.9 Å². The molecule has 1 amide bonds. The fraction of sp³-hybridized carbons (Fsp3) is 0.556. The van der Waals surface area contributed by atoms with Crippen LogP contribution in [0.5, 0.6) is 5.75 Å². The number of nitrogens with zero attached hydrogens (tertiary/aromatic N) is 1. The summed E-state index contributed by atoms with van der Waals surface area (Å²) < 4.78 is 28.6. The molecule has 2 unspecified atom stereocenters. The third-order valence-corrected chi connectivity index (χ3v) is 6.19. The highest BCUT2D eigenvalue weighted by Crippen LogP contribution is 2.16. The van der Waals surface area contributed by atoms with Crippen molar-refractivity contribution in [1.82, 2.24) is 16.0 Å². The molecule has 0 spiro atoms. The van der Waals surface area contributed by atoms with Crippen molar-refractivity contribution in [2.45, 2.75) is 31.9 Å². The van der Waals surface area contributed by atoms with Crippen molar-refractivity contribution in [1.29, 1.82) is 0 Å². The molecular weight excluding hydrogens is 531 g/mol. The smallest absolute Gasteiger partial charge is 0.222 e. The van der Waals surface area contributed by atoms with Gasteiger partial charge >= 0.3 is 0 Å². The van der Waals surface area contributed by atoms with Crippen molar-refractivity contribution >= 4 is 57.3 Å². The number of hydrogen-bond acceptors (Lipinski definition) is 5. The Balaban J connectivity index is 0.00000420. The van der Waals surface area contributed by atoms with E-state index in [-0.39, 0.29) is 60.0 Å². The summed E-state index contributed by atoms with van der Waals surface area (Å²) in [5.74, 6) is 1.28. The molecule has 2 rings (SSSR count). The molecule has 0 bridgehead atoms. The molecule has 1 aromatic rings. The summed E-state index contributed by atoms with van der Waals surface area (Å²) in [5.41, 5.74) is 0. The minimum Gasteiger partial charge on any atom is -0.489 e. The molecule has 3 N–H and O–H groups in total. The topological polar surface area (TPSA) is 109 Å². The van der Waals surface area contributed by atoms with E-state index >= 15 is 0 Å². The van der Waals surface area contributed by atoms with Gasteiger partial charge in [0, 0.05) is 31.1 Å². The lowest BCUT2D eigenvalue weighted by Gasteiger charge is -2.18. The maximum absolute atomic E-state index is 11.9. The molecule has 1 heterocycles. The van der Waals surface area contributed by atoms with Gasteiger partial charge in [0.2, 0.25) is 5.91 Å². The molecule has 1 fully saturated rings. The van der Waals surface area contributed by atoms with E-state index in [4.69, 9.17) is 16.3 Å². The number of hydrogen-bond donors (Lipinski definition) is 3. The molecule has 8 nitrogen and oxygen atoms in total. The zero-order valence-corrected chi connectivity index (χ0v) is 20.4. The lowest BCUT2D eigenvalue weighted by Crippen LogP contribution is -2.43. The Morgan fingerprint density at radius 1 is 1.31 bits per heavy atom. The van der Waals surface area contributed by atoms with Gasteiger partial charge in [-0.25, -0.2) is 8.42 Å². The first kappa shape index (κ1) is 25.8. The van der Waals surface area contributed by atoms with Crippen LogP contribution in [0.15, 0.2) is 29.3 Å². The van der Waals surface area contributed by atoms with Gasteiger partial charge in [-0.15, -0.1) is 24.0 Å². The minimum atomic E-state index is -3.00. The maximum Gasteiger partial charge on any atom is 0.222 e. The number of guanidine groups is 1. The van der Waals surface area contributed by atoms with Crippen LogP contribution in [0.4, 0.5) is 0 Å². The van der Waals surface area contributed by atoms with Gasteiger partial charge in [0.1, 0.15) is 11.9 Å². The Kier molecular flexibility index (Phi) is 11.0. The van der Waals surface area contributed by atoms with Crippen molar-refractivity contribution in [3.05, 3.63) is 29.3 Å². The highest BCUT2D eigenvalue weighted by atomic mass is 127. The number of benzene rings is 1. The third kappa shape index (κ3) is 9.85. The summed E-state index contributed by atoms with van der Waals surface area (Å²) >= 11 is 5.85. The molecule has 164 valence electrons. The van der Waals surface area contributed by atoms with E-state index in [1.54, 1.807) is 31.3 Å². The monoisotopic (exact) mass is 558 g/mol. The van der Waals surface area contributed by atoms with Crippen molar-refractivity contribution in [3.63, 3.8) is 0 Å². The number of amides is 1. The van der Waals surface area contributed by atoms with Crippen LogP contribution in [0.25, 0.3) is 0 Å². The second-order valence-corrected chi connectivity index (χ2v) is 9.34. The van der Waals surface area contributed by atoms with Gasteiger partial charge in [0.15, 0.2) is 15.8 Å². The van der Waals surface area contributed by atoms with Gasteiger partial charge in [-0.05, 0) is 37.6 Å². The fourth-order valence-corrected chi connectivity index (χ4v) is 4.55. The Labute approximate surface area is 194 Å². The molecule has 0 aliphatic carbocycles. The van der Waals surface area contributed by atoms with Gasteiger partial charge in [0.05, 0.1) is 18.1 Å². The number of carbonyl (C=O) groups is 1. The van der Waals surface area contributed by atoms with Crippen LogP contribution >= 0.6 is 35.6 Å². The number of ether oxygens (including phenoxy) is 1. The molecule has 0 radical (unpaired) electrons. The second kappa shape index (κ2) is 12.4. The van der Waals surface area contributed by atoms with E-state index < -0.39 is 9.84 Å². The van der Waals surface area contributed by atoms with Gasteiger partial charge in [-0.2, -0.15) is 0 Å². The number of nitrogens with one attached hydrogen (secondary N) is 3. The highest BCUT2D eigenvalue weighted by molar-refractivity contribution is 14.0. The molecular formula is C18H28ClIN4O4S. The lowest BCUT2D eigenvalue weighted by atomic mass is 10.2.